The van der Waals surface area contributed by atoms with Crippen molar-refractivity contribution < 1.29 is 14.6 Å². The minimum Gasteiger partial charge on any atom is -0.489 e. The molecule has 3 rings (SSSR count). The van der Waals surface area contributed by atoms with Crippen molar-refractivity contribution in [2.45, 2.75) is 19.4 Å². The Bertz CT molecular complexity index is 871. The molecule has 0 fully saturated rings. The largest absolute Gasteiger partial charge is 0.489 e. The van der Waals surface area contributed by atoms with E-state index < -0.39 is 5.97 Å². The first-order chi connectivity index (χ1) is 12.6. The van der Waals surface area contributed by atoms with Crippen LogP contribution in [0.5, 0.6) is 5.75 Å². The summed E-state index contributed by atoms with van der Waals surface area (Å²) in [5.74, 6) is -0.0214. The molecule has 0 aliphatic heterocycles. The van der Waals surface area contributed by atoms with Gasteiger partial charge in [-0.15, -0.1) is 0 Å². The van der Waals surface area contributed by atoms with Gasteiger partial charge in [0.2, 0.25) is 0 Å². The third-order valence-electron chi connectivity index (χ3n) is 4.06. The molecule has 4 heteroatoms. The molecule has 0 aliphatic carbocycles. The molecule has 3 aromatic rings. The van der Waals surface area contributed by atoms with E-state index in [4.69, 9.17) is 21.4 Å². The molecule has 0 amide bonds. The summed E-state index contributed by atoms with van der Waals surface area (Å²) in [6.45, 7) is 0.468. The Hall–Kier alpha value is -2.78. The van der Waals surface area contributed by atoms with Crippen LogP contribution in [0, 0.1) is 0 Å². The molecule has 0 aliphatic rings. The van der Waals surface area contributed by atoms with Gasteiger partial charge in [-0.25, -0.2) is 0 Å². The molecule has 0 aromatic heterocycles. The maximum absolute atomic E-state index is 10.6. The summed E-state index contributed by atoms with van der Waals surface area (Å²) in [5.41, 5.74) is 4.29. The highest BCUT2D eigenvalue weighted by molar-refractivity contribution is 6.30. The molecule has 0 saturated carbocycles. The fourth-order valence-electron chi connectivity index (χ4n) is 2.65. The quantitative estimate of drug-likeness (QED) is 0.591. The van der Waals surface area contributed by atoms with Crippen LogP contribution in [0.3, 0.4) is 0 Å². The number of ether oxygens (including phenoxy) is 1. The fraction of sp³-hybridized carbons (Fsp3) is 0.136. The van der Waals surface area contributed by atoms with Crippen LogP contribution >= 0.6 is 11.6 Å². The summed E-state index contributed by atoms with van der Waals surface area (Å²) in [6.07, 6.45) is 0.663. The van der Waals surface area contributed by atoms with E-state index in [1.807, 2.05) is 60.7 Å². The Balaban J connectivity index is 1.62. The zero-order chi connectivity index (χ0) is 18.4. The van der Waals surface area contributed by atoms with E-state index in [0.29, 0.717) is 13.0 Å². The number of aryl methyl sites for hydroxylation is 1. The molecule has 0 radical (unpaired) electrons. The van der Waals surface area contributed by atoms with E-state index in [0.717, 1.165) is 33.0 Å². The lowest BCUT2D eigenvalue weighted by molar-refractivity contribution is -0.136. The zero-order valence-electron chi connectivity index (χ0n) is 14.2. The molecule has 3 aromatic carbocycles. The maximum atomic E-state index is 10.6. The van der Waals surface area contributed by atoms with Crippen LogP contribution in [0.4, 0.5) is 0 Å². The van der Waals surface area contributed by atoms with Crippen molar-refractivity contribution >= 4 is 17.6 Å². The Kier molecular flexibility index (Phi) is 5.92. The zero-order valence-corrected chi connectivity index (χ0v) is 14.9. The second kappa shape index (κ2) is 8.54. The predicted octanol–water partition coefficient (Wildman–Crippen LogP) is 5.60. The highest BCUT2D eigenvalue weighted by atomic mass is 35.5. The molecule has 0 unspecified atom stereocenters. The van der Waals surface area contributed by atoms with Crippen LogP contribution in [-0.2, 0) is 17.8 Å². The number of hydrogen-bond donors (Lipinski definition) is 1. The number of aliphatic carboxylic acids is 1. The highest BCUT2D eigenvalue weighted by Gasteiger charge is 2.03. The van der Waals surface area contributed by atoms with Crippen LogP contribution in [-0.4, -0.2) is 11.1 Å². The summed E-state index contributed by atoms with van der Waals surface area (Å²) in [6, 6.07) is 23.5. The number of rotatable bonds is 7. The van der Waals surface area contributed by atoms with Gasteiger partial charge >= 0.3 is 5.97 Å². The SMILES string of the molecule is O=C(O)CCc1ccc(OCc2cccc(-c3ccc(Cl)cc3)c2)cc1. The molecular formula is C22H19ClO3. The van der Waals surface area contributed by atoms with Gasteiger partial charge in [-0.1, -0.05) is 54.1 Å². The molecule has 0 atom stereocenters. The second-order valence-electron chi connectivity index (χ2n) is 6.03. The average molecular weight is 367 g/mol. The minimum absolute atomic E-state index is 0.137. The van der Waals surface area contributed by atoms with Gasteiger partial charge in [0.05, 0.1) is 0 Å². The Morgan fingerprint density at radius 1 is 0.885 bits per heavy atom. The van der Waals surface area contributed by atoms with Gasteiger partial charge < -0.3 is 9.84 Å². The lowest BCUT2D eigenvalue weighted by Crippen LogP contribution is -1.98. The number of hydrogen-bond acceptors (Lipinski definition) is 2. The van der Waals surface area contributed by atoms with Crippen molar-refractivity contribution in [3.63, 3.8) is 0 Å². The van der Waals surface area contributed by atoms with E-state index in [9.17, 15) is 4.79 Å². The van der Waals surface area contributed by atoms with Gasteiger partial charge in [-0.05, 0) is 59.0 Å². The third-order valence-corrected chi connectivity index (χ3v) is 4.31. The molecule has 0 heterocycles. The van der Waals surface area contributed by atoms with Crippen molar-refractivity contribution in [2.24, 2.45) is 0 Å². The summed E-state index contributed by atoms with van der Waals surface area (Å²) >= 11 is 5.95. The molecular weight excluding hydrogens is 348 g/mol. The van der Waals surface area contributed by atoms with Crippen molar-refractivity contribution in [1.82, 2.24) is 0 Å². The molecule has 0 bridgehead atoms. The van der Waals surface area contributed by atoms with Crippen LogP contribution in [0.2, 0.25) is 5.02 Å². The first-order valence-corrected chi connectivity index (χ1v) is 8.76. The van der Waals surface area contributed by atoms with Crippen molar-refractivity contribution in [3.8, 4) is 16.9 Å². The van der Waals surface area contributed by atoms with E-state index in [1.54, 1.807) is 0 Å². The van der Waals surface area contributed by atoms with Crippen LogP contribution in [0.1, 0.15) is 17.5 Å². The average Bonchev–Trinajstić information content (AvgIpc) is 2.66. The van der Waals surface area contributed by atoms with Gasteiger partial charge in [0.25, 0.3) is 0 Å². The Labute approximate surface area is 157 Å². The second-order valence-corrected chi connectivity index (χ2v) is 6.47. The number of carbonyl (C=O) groups is 1. The topological polar surface area (TPSA) is 46.5 Å². The van der Waals surface area contributed by atoms with E-state index in [2.05, 4.69) is 12.1 Å². The third kappa shape index (κ3) is 5.11. The van der Waals surface area contributed by atoms with Crippen LogP contribution in [0.25, 0.3) is 11.1 Å². The number of carboxylic acids is 1. The maximum Gasteiger partial charge on any atom is 0.303 e. The van der Waals surface area contributed by atoms with Crippen molar-refractivity contribution in [3.05, 3.63) is 88.9 Å². The van der Waals surface area contributed by atoms with E-state index >= 15 is 0 Å². The number of carboxylic acid groups (broad SMARTS) is 1. The lowest BCUT2D eigenvalue weighted by Gasteiger charge is -2.09. The van der Waals surface area contributed by atoms with Crippen LogP contribution in [0.15, 0.2) is 72.8 Å². The predicted molar refractivity (Wildman–Crippen MR) is 104 cm³/mol. The van der Waals surface area contributed by atoms with Crippen LogP contribution < -0.4 is 4.74 Å². The minimum atomic E-state index is -0.786. The number of halogens is 1. The Morgan fingerprint density at radius 3 is 2.31 bits per heavy atom. The van der Waals surface area contributed by atoms with Crippen molar-refractivity contribution in [1.29, 1.82) is 0 Å². The van der Waals surface area contributed by atoms with Crippen molar-refractivity contribution in [2.75, 3.05) is 0 Å². The van der Waals surface area contributed by atoms with Gasteiger partial charge in [0.15, 0.2) is 0 Å². The van der Waals surface area contributed by atoms with E-state index in [1.165, 1.54) is 0 Å². The summed E-state index contributed by atoms with van der Waals surface area (Å²) in [7, 11) is 0. The highest BCUT2D eigenvalue weighted by Crippen LogP contribution is 2.23. The standard InChI is InChI=1S/C22H19ClO3/c23-20-9-7-18(8-10-20)19-3-1-2-17(14-19)15-26-21-11-4-16(5-12-21)6-13-22(24)25/h1-5,7-12,14H,6,13,15H2,(H,24,25). The van der Waals surface area contributed by atoms with E-state index in [-0.39, 0.29) is 6.42 Å². The summed E-state index contributed by atoms with van der Waals surface area (Å²) in [4.78, 5) is 10.6. The monoisotopic (exact) mass is 366 g/mol. The number of benzene rings is 3. The van der Waals surface area contributed by atoms with Gasteiger partial charge in [0.1, 0.15) is 12.4 Å². The first kappa shape index (κ1) is 18.0. The summed E-state index contributed by atoms with van der Waals surface area (Å²) in [5, 5.41) is 9.45. The molecule has 132 valence electrons. The molecule has 0 saturated heterocycles. The molecule has 3 nitrogen and oxygen atoms in total. The molecule has 1 N–H and O–H groups in total. The van der Waals surface area contributed by atoms with Gasteiger partial charge in [-0.3, -0.25) is 4.79 Å². The smallest absolute Gasteiger partial charge is 0.303 e. The van der Waals surface area contributed by atoms with Gasteiger partial charge in [-0.2, -0.15) is 0 Å². The lowest BCUT2D eigenvalue weighted by atomic mass is 10.0. The van der Waals surface area contributed by atoms with Gasteiger partial charge in [0, 0.05) is 11.4 Å². The molecule has 0 spiro atoms. The Morgan fingerprint density at radius 2 is 1.62 bits per heavy atom. The molecule has 26 heavy (non-hydrogen) atoms. The fourth-order valence-corrected chi connectivity index (χ4v) is 2.78. The normalized spacial score (nSPS) is 10.5. The first-order valence-electron chi connectivity index (χ1n) is 8.38. The summed E-state index contributed by atoms with van der Waals surface area (Å²) < 4.78 is 5.85.